The molecule has 1 N–H and O–H groups in total. The zero-order chi connectivity index (χ0) is 15.4. The first-order chi connectivity index (χ1) is 10.1. The largest absolute Gasteiger partial charge is 0.316 e. The average molecular weight is 356 g/mol. The van der Waals surface area contributed by atoms with Crippen LogP contribution in [0.5, 0.6) is 0 Å². The maximum absolute atomic E-state index is 4.52. The molecule has 1 heterocycles. The summed E-state index contributed by atoms with van der Waals surface area (Å²) in [5.74, 6) is 1.79. The Kier molecular flexibility index (Phi) is 6.30. The minimum atomic E-state index is 0.568. The molecule has 4 heteroatoms. The number of likely N-dealkylation sites (N-methyl/N-ethyl adjacent to an activating group) is 1. The van der Waals surface area contributed by atoms with Gasteiger partial charge in [0, 0.05) is 19.5 Å². The Morgan fingerprint density at radius 2 is 2.00 bits per heavy atom. The van der Waals surface area contributed by atoms with Gasteiger partial charge in [-0.25, -0.2) is 0 Å². The molecule has 0 spiro atoms. The molecule has 0 radical (unpaired) electrons. The third kappa shape index (κ3) is 4.10. The molecule has 1 atom stereocenters. The van der Waals surface area contributed by atoms with E-state index in [1.165, 1.54) is 48.7 Å². The van der Waals surface area contributed by atoms with Crippen LogP contribution in [0.1, 0.15) is 56.8 Å². The number of aromatic nitrogens is 2. The number of halogens is 1. The van der Waals surface area contributed by atoms with Crippen molar-refractivity contribution in [2.75, 3.05) is 7.05 Å². The highest BCUT2D eigenvalue weighted by Crippen LogP contribution is 2.34. The molecular formula is C17H30BrN3. The number of hydrogen-bond acceptors (Lipinski definition) is 2. The molecule has 2 rings (SSSR count). The number of aryl methyl sites for hydroxylation is 2. The highest BCUT2D eigenvalue weighted by atomic mass is 79.9. The lowest BCUT2D eigenvalue weighted by molar-refractivity contribution is 0.216. The summed E-state index contributed by atoms with van der Waals surface area (Å²) in [6.45, 7) is 4.38. The van der Waals surface area contributed by atoms with Gasteiger partial charge in [-0.3, -0.25) is 4.68 Å². The second-order valence-electron chi connectivity index (χ2n) is 6.64. The van der Waals surface area contributed by atoms with Crippen LogP contribution in [0.4, 0.5) is 0 Å². The van der Waals surface area contributed by atoms with Crippen molar-refractivity contribution in [3.8, 4) is 0 Å². The lowest BCUT2D eigenvalue weighted by Crippen LogP contribution is -2.38. The second kappa shape index (κ2) is 7.77. The van der Waals surface area contributed by atoms with Crippen molar-refractivity contribution in [3.05, 3.63) is 15.9 Å². The van der Waals surface area contributed by atoms with Crippen molar-refractivity contribution in [3.63, 3.8) is 0 Å². The minimum Gasteiger partial charge on any atom is -0.316 e. The smallest absolute Gasteiger partial charge is 0.0738 e. The molecule has 1 aromatic rings. The molecule has 1 saturated carbocycles. The van der Waals surface area contributed by atoms with E-state index in [1.54, 1.807) is 0 Å². The monoisotopic (exact) mass is 355 g/mol. The molecule has 120 valence electrons. The molecule has 0 bridgehead atoms. The van der Waals surface area contributed by atoms with E-state index in [-0.39, 0.29) is 0 Å². The summed E-state index contributed by atoms with van der Waals surface area (Å²) in [5, 5.41) is 8.09. The predicted octanol–water partition coefficient (Wildman–Crippen LogP) is 4.23. The molecule has 1 aliphatic rings. The molecule has 0 aromatic carbocycles. The summed E-state index contributed by atoms with van der Waals surface area (Å²) >= 11 is 3.70. The van der Waals surface area contributed by atoms with Gasteiger partial charge in [0.25, 0.3) is 0 Å². The summed E-state index contributed by atoms with van der Waals surface area (Å²) in [6.07, 6.45) is 9.42. The lowest BCUT2D eigenvalue weighted by atomic mass is 9.76. The van der Waals surface area contributed by atoms with E-state index in [1.807, 2.05) is 4.68 Å². The van der Waals surface area contributed by atoms with Gasteiger partial charge < -0.3 is 5.32 Å². The Hall–Kier alpha value is -0.350. The molecule has 0 aliphatic heterocycles. The van der Waals surface area contributed by atoms with Gasteiger partial charge in [-0.2, -0.15) is 5.10 Å². The summed E-state index contributed by atoms with van der Waals surface area (Å²) in [4.78, 5) is 0. The fraction of sp³-hybridized carbons (Fsp3) is 0.824. The molecule has 1 unspecified atom stereocenters. The Bertz CT molecular complexity index is 447. The van der Waals surface area contributed by atoms with Crippen LogP contribution in [0.3, 0.4) is 0 Å². The van der Waals surface area contributed by atoms with E-state index < -0.39 is 0 Å². The van der Waals surface area contributed by atoms with Crippen LogP contribution < -0.4 is 5.32 Å². The zero-order valence-electron chi connectivity index (χ0n) is 14.0. The van der Waals surface area contributed by atoms with Crippen molar-refractivity contribution in [2.24, 2.45) is 18.9 Å². The summed E-state index contributed by atoms with van der Waals surface area (Å²) in [7, 11) is 4.16. The fourth-order valence-corrected chi connectivity index (χ4v) is 4.40. The first-order valence-corrected chi connectivity index (χ1v) is 9.21. The summed E-state index contributed by atoms with van der Waals surface area (Å²) in [5.41, 5.74) is 2.41. The van der Waals surface area contributed by atoms with E-state index in [9.17, 15) is 0 Å². The van der Waals surface area contributed by atoms with Gasteiger partial charge >= 0.3 is 0 Å². The van der Waals surface area contributed by atoms with Crippen molar-refractivity contribution in [1.82, 2.24) is 15.1 Å². The lowest BCUT2D eigenvalue weighted by Gasteiger charge is -2.34. The molecule has 21 heavy (non-hydrogen) atoms. The van der Waals surface area contributed by atoms with Gasteiger partial charge in [0.15, 0.2) is 0 Å². The maximum atomic E-state index is 4.52. The van der Waals surface area contributed by atoms with Crippen LogP contribution in [-0.2, 0) is 13.5 Å². The van der Waals surface area contributed by atoms with Crippen LogP contribution in [0.25, 0.3) is 0 Å². The van der Waals surface area contributed by atoms with Crippen LogP contribution >= 0.6 is 15.9 Å². The Morgan fingerprint density at radius 1 is 1.33 bits per heavy atom. The molecule has 0 saturated heterocycles. The fourth-order valence-electron chi connectivity index (χ4n) is 3.90. The summed E-state index contributed by atoms with van der Waals surface area (Å²) < 4.78 is 3.22. The Labute approximate surface area is 138 Å². The Balaban J connectivity index is 1.97. The minimum absolute atomic E-state index is 0.568. The van der Waals surface area contributed by atoms with Crippen LogP contribution in [-0.4, -0.2) is 22.9 Å². The van der Waals surface area contributed by atoms with Gasteiger partial charge in [-0.1, -0.05) is 32.6 Å². The second-order valence-corrected chi connectivity index (χ2v) is 7.43. The van der Waals surface area contributed by atoms with Crippen LogP contribution in [0.2, 0.25) is 0 Å². The van der Waals surface area contributed by atoms with E-state index in [0.29, 0.717) is 6.04 Å². The highest BCUT2D eigenvalue weighted by molar-refractivity contribution is 9.10. The van der Waals surface area contributed by atoms with Gasteiger partial charge in [0.2, 0.25) is 0 Å². The van der Waals surface area contributed by atoms with Crippen LogP contribution in [0, 0.1) is 18.8 Å². The molecule has 3 nitrogen and oxygen atoms in total. The Morgan fingerprint density at radius 3 is 2.48 bits per heavy atom. The van der Waals surface area contributed by atoms with E-state index in [0.717, 1.165) is 24.0 Å². The molecule has 1 fully saturated rings. The van der Waals surface area contributed by atoms with Crippen molar-refractivity contribution in [1.29, 1.82) is 0 Å². The molecule has 1 aliphatic carbocycles. The van der Waals surface area contributed by atoms with Crippen molar-refractivity contribution < 1.29 is 0 Å². The van der Waals surface area contributed by atoms with E-state index in [2.05, 4.69) is 54.3 Å². The van der Waals surface area contributed by atoms with Gasteiger partial charge in [-0.15, -0.1) is 0 Å². The topological polar surface area (TPSA) is 29.9 Å². The first kappa shape index (κ1) is 17.0. The zero-order valence-corrected chi connectivity index (χ0v) is 15.5. The van der Waals surface area contributed by atoms with E-state index in [4.69, 9.17) is 0 Å². The van der Waals surface area contributed by atoms with Gasteiger partial charge in [0.05, 0.1) is 15.9 Å². The normalized spacial score (nSPS) is 24.2. The molecule has 1 aromatic heterocycles. The summed E-state index contributed by atoms with van der Waals surface area (Å²) in [6, 6.07) is 0.568. The van der Waals surface area contributed by atoms with Gasteiger partial charge in [0.1, 0.15) is 0 Å². The van der Waals surface area contributed by atoms with Gasteiger partial charge in [-0.05, 0) is 54.6 Å². The SMILES string of the molecule is CCCC1CCC(C(Cc2c(Br)c(C)nn2C)NC)CC1. The number of hydrogen-bond donors (Lipinski definition) is 1. The first-order valence-electron chi connectivity index (χ1n) is 8.42. The molecular weight excluding hydrogens is 326 g/mol. The molecule has 0 amide bonds. The average Bonchev–Trinajstić information content (AvgIpc) is 2.72. The van der Waals surface area contributed by atoms with Crippen molar-refractivity contribution in [2.45, 2.75) is 64.8 Å². The van der Waals surface area contributed by atoms with E-state index >= 15 is 0 Å². The van der Waals surface area contributed by atoms with Crippen LogP contribution in [0.15, 0.2) is 4.47 Å². The predicted molar refractivity (Wildman–Crippen MR) is 92.6 cm³/mol. The number of nitrogens with zero attached hydrogens (tertiary/aromatic N) is 2. The third-order valence-electron chi connectivity index (χ3n) is 5.20. The number of nitrogens with one attached hydrogen (secondary N) is 1. The third-order valence-corrected chi connectivity index (χ3v) is 6.23. The quantitative estimate of drug-likeness (QED) is 0.827. The standard InChI is InChI=1S/C17H30BrN3/c1-5-6-13-7-9-14(10-8-13)15(19-3)11-16-17(18)12(2)20-21(16)4/h13-15,19H,5-11H2,1-4H3. The van der Waals surface area contributed by atoms with Crippen molar-refractivity contribution >= 4 is 15.9 Å². The maximum Gasteiger partial charge on any atom is 0.0738 e. The number of rotatable bonds is 6. The highest BCUT2D eigenvalue weighted by Gasteiger charge is 2.28.